The first-order chi connectivity index (χ1) is 9.98. The van der Waals surface area contributed by atoms with Crippen molar-refractivity contribution in [2.24, 2.45) is 0 Å². The molecule has 1 amide bonds. The number of carbonyl (C=O) groups is 1. The average molecular weight is 307 g/mol. The molecule has 0 saturated carbocycles. The van der Waals surface area contributed by atoms with E-state index >= 15 is 0 Å². The van der Waals surface area contributed by atoms with Crippen molar-refractivity contribution in [1.82, 2.24) is 5.32 Å². The van der Waals surface area contributed by atoms with Gasteiger partial charge in [-0.05, 0) is 18.2 Å². The van der Waals surface area contributed by atoms with E-state index in [1.165, 1.54) is 13.2 Å². The summed E-state index contributed by atoms with van der Waals surface area (Å²) >= 11 is 0. The van der Waals surface area contributed by atoms with Crippen LogP contribution >= 0.6 is 0 Å². The number of carbonyl (C=O) groups excluding carboxylic acids is 1. The number of para-hydroxylation sites is 1. The summed E-state index contributed by atoms with van der Waals surface area (Å²) in [5.41, 5.74) is 0.486. The van der Waals surface area contributed by atoms with Crippen LogP contribution in [0.15, 0.2) is 40.2 Å². The number of sulfone groups is 1. The molecule has 7 heteroatoms. The van der Waals surface area contributed by atoms with Crippen molar-refractivity contribution in [2.45, 2.75) is 6.04 Å². The monoisotopic (exact) mass is 307 g/mol. The number of hydrogen-bond acceptors (Lipinski definition) is 5. The molecule has 1 aromatic carbocycles. The SMILES string of the molecule is COc1cccc2cc(C(=O)NC3C=CS(=O)(=O)C3)oc12. The maximum Gasteiger partial charge on any atom is 0.287 e. The van der Waals surface area contributed by atoms with Crippen molar-refractivity contribution >= 4 is 26.7 Å². The molecule has 6 nitrogen and oxygen atoms in total. The van der Waals surface area contributed by atoms with E-state index in [0.717, 1.165) is 10.8 Å². The highest BCUT2D eigenvalue weighted by Crippen LogP contribution is 2.28. The van der Waals surface area contributed by atoms with Crippen LogP contribution in [0.25, 0.3) is 11.0 Å². The van der Waals surface area contributed by atoms with Gasteiger partial charge in [0.05, 0.1) is 18.9 Å². The maximum atomic E-state index is 12.1. The quantitative estimate of drug-likeness (QED) is 0.928. The van der Waals surface area contributed by atoms with Gasteiger partial charge in [-0.25, -0.2) is 8.42 Å². The molecule has 1 aliphatic heterocycles. The third kappa shape index (κ3) is 2.64. The van der Waals surface area contributed by atoms with Crippen molar-refractivity contribution in [3.05, 3.63) is 41.5 Å². The molecule has 1 atom stereocenters. The molecule has 0 saturated heterocycles. The van der Waals surface area contributed by atoms with E-state index in [1.807, 2.05) is 0 Å². The van der Waals surface area contributed by atoms with E-state index in [0.29, 0.717) is 11.3 Å². The van der Waals surface area contributed by atoms with Crippen molar-refractivity contribution in [2.75, 3.05) is 12.9 Å². The second-order valence-corrected chi connectivity index (χ2v) is 6.66. The summed E-state index contributed by atoms with van der Waals surface area (Å²) in [5.74, 6) is 0.0737. The number of methoxy groups -OCH3 is 1. The second kappa shape index (κ2) is 4.92. The first-order valence-electron chi connectivity index (χ1n) is 6.27. The molecule has 0 fully saturated rings. The fourth-order valence-corrected chi connectivity index (χ4v) is 3.45. The van der Waals surface area contributed by atoms with E-state index < -0.39 is 21.8 Å². The number of rotatable bonds is 3. The lowest BCUT2D eigenvalue weighted by molar-refractivity contribution is 0.0922. The third-order valence-corrected chi connectivity index (χ3v) is 4.59. The van der Waals surface area contributed by atoms with Crippen molar-refractivity contribution < 1.29 is 22.4 Å². The van der Waals surface area contributed by atoms with E-state index in [1.54, 1.807) is 24.3 Å². The molecule has 2 heterocycles. The normalized spacial score (nSPS) is 19.8. The molecule has 0 radical (unpaired) electrons. The van der Waals surface area contributed by atoms with Gasteiger partial charge in [-0.15, -0.1) is 0 Å². The highest BCUT2D eigenvalue weighted by Gasteiger charge is 2.24. The number of amides is 1. The van der Waals surface area contributed by atoms with Gasteiger partial charge in [0.25, 0.3) is 5.91 Å². The minimum absolute atomic E-state index is 0.118. The zero-order chi connectivity index (χ0) is 15.0. The Hall–Kier alpha value is -2.28. The molecule has 0 bridgehead atoms. The topological polar surface area (TPSA) is 85.6 Å². The number of benzene rings is 1. The zero-order valence-corrected chi connectivity index (χ0v) is 12.0. The van der Waals surface area contributed by atoms with Crippen LogP contribution in [-0.4, -0.2) is 33.2 Å². The first kappa shape index (κ1) is 13.7. The Balaban J connectivity index is 1.84. The Morgan fingerprint density at radius 3 is 2.90 bits per heavy atom. The smallest absolute Gasteiger partial charge is 0.287 e. The summed E-state index contributed by atoms with van der Waals surface area (Å²) < 4.78 is 33.3. The molecule has 1 unspecified atom stereocenters. The maximum absolute atomic E-state index is 12.1. The molecule has 110 valence electrons. The molecule has 1 aliphatic rings. The van der Waals surface area contributed by atoms with Gasteiger partial charge in [0.1, 0.15) is 0 Å². The lowest BCUT2D eigenvalue weighted by Crippen LogP contribution is -2.35. The third-order valence-electron chi connectivity index (χ3n) is 3.20. The molecule has 3 rings (SSSR count). The van der Waals surface area contributed by atoms with Crippen LogP contribution in [0.2, 0.25) is 0 Å². The first-order valence-corrected chi connectivity index (χ1v) is 7.98. The number of ether oxygens (including phenoxy) is 1. The molecule has 1 aromatic heterocycles. The molecule has 2 aromatic rings. The lowest BCUT2D eigenvalue weighted by Gasteiger charge is -2.07. The Bertz CT molecular complexity index is 834. The minimum atomic E-state index is -3.20. The van der Waals surface area contributed by atoms with Crippen LogP contribution < -0.4 is 10.1 Å². The van der Waals surface area contributed by atoms with Crippen LogP contribution in [0, 0.1) is 0 Å². The van der Waals surface area contributed by atoms with Gasteiger partial charge >= 0.3 is 0 Å². The van der Waals surface area contributed by atoms with Crippen LogP contribution in [0.3, 0.4) is 0 Å². The standard InChI is InChI=1S/C14H13NO5S/c1-19-11-4-2-3-9-7-12(20-13(9)11)14(16)15-10-5-6-21(17,18)8-10/h2-7,10H,8H2,1H3,(H,15,16). The van der Waals surface area contributed by atoms with Crippen LogP contribution in [-0.2, 0) is 9.84 Å². The molecular weight excluding hydrogens is 294 g/mol. The van der Waals surface area contributed by atoms with Gasteiger partial charge in [-0.3, -0.25) is 4.79 Å². The van der Waals surface area contributed by atoms with Gasteiger partial charge in [-0.1, -0.05) is 12.1 Å². The average Bonchev–Trinajstić information content (AvgIpc) is 3.01. The summed E-state index contributed by atoms with van der Waals surface area (Å²) in [7, 11) is -1.69. The summed E-state index contributed by atoms with van der Waals surface area (Å²) in [4.78, 5) is 12.1. The molecule has 21 heavy (non-hydrogen) atoms. The predicted octanol–water partition coefficient (Wildman–Crippen LogP) is 1.48. The Labute approximate surface area is 121 Å². The van der Waals surface area contributed by atoms with E-state index in [4.69, 9.17) is 9.15 Å². The number of hydrogen-bond donors (Lipinski definition) is 1. The van der Waals surface area contributed by atoms with Crippen molar-refractivity contribution in [3.63, 3.8) is 0 Å². The summed E-state index contributed by atoms with van der Waals surface area (Å²) in [6.07, 6.45) is 1.45. The Morgan fingerprint density at radius 1 is 1.43 bits per heavy atom. The molecular formula is C14H13NO5S. The van der Waals surface area contributed by atoms with Gasteiger partial charge in [0.15, 0.2) is 26.9 Å². The van der Waals surface area contributed by atoms with Gasteiger partial charge in [0, 0.05) is 10.8 Å². The molecule has 1 N–H and O–H groups in total. The van der Waals surface area contributed by atoms with Crippen LogP contribution in [0.5, 0.6) is 5.75 Å². The van der Waals surface area contributed by atoms with E-state index in [2.05, 4.69) is 5.32 Å². The predicted molar refractivity (Wildman–Crippen MR) is 76.9 cm³/mol. The van der Waals surface area contributed by atoms with Gasteiger partial charge in [-0.2, -0.15) is 0 Å². The summed E-state index contributed by atoms with van der Waals surface area (Å²) in [6, 6.07) is 6.40. The number of nitrogens with one attached hydrogen (secondary N) is 1. The minimum Gasteiger partial charge on any atom is -0.493 e. The fourth-order valence-electron chi connectivity index (χ4n) is 2.21. The number of fused-ring (bicyclic) bond motifs is 1. The van der Waals surface area contributed by atoms with Crippen molar-refractivity contribution in [1.29, 1.82) is 0 Å². The van der Waals surface area contributed by atoms with Crippen LogP contribution in [0.1, 0.15) is 10.6 Å². The highest BCUT2D eigenvalue weighted by atomic mass is 32.2. The van der Waals surface area contributed by atoms with Crippen molar-refractivity contribution in [3.8, 4) is 5.75 Å². The van der Waals surface area contributed by atoms with Crippen LogP contribution in [0.4, 0.5) is 0 Å². The van der Waals surface area contributed by atoms with E-state index in [9.17, 15) is 13.2 Å². The lowest BCUT2D eigenvalue weighted by atomic mass is 10.2. The molecule has 0 aliphatic carbocycles. The van der Waals surface area contributed by atoms with E-state index in [-0.39, 0.29) is 11.5 Å². The van der Waals surface area contributed by atoms with Gasteiger partial charge in [0.2, 0.25) is 0 Å². The fraction of sp³-hybridized carbons (Fsp3) is 0.214. The molecule has 0 spiro atoms. The highest BCUT2D eigenvalue weighted by molar-refractivity contribution is 7.94. The largest absolute Gasteiger partial charge is 0.493 e. The van der Waals surface area contributed by atoms with Gasteiger partial charge < -0.3 is 14.5 Å². The Kier molecular flexibility index (Phi) is 3.21. The number of furan rings is 1. The zero-order valence-electron chi connectivity index (χ0n) is 11.2. The second-order valence-electron chi connectivity index (χ2n) is 4.73. The Morgan fingerprint density at radius 2 is 2.24 bits per heavy atom. The summed E-state index contributed by atoms with van der Waals surface area (Å²) in [5, 5.41) is 4.46. The summed E-state index contributed by atoms with van der Waals surface area (Å²) in [6.45, 7) is 0.